The van der Waals surface area contributed by atoms with Crippen LogP contribution in [0.5, 0.6) is 5.75 Å². The number of phenolic OH excluding ortho intramolecular Hbond substituents is 1. The van der Waals surface area contributed by atoms with E-state index < -0.39 is 28.7 Å². The first-order valence-electron chi connectivity index (χ1n) is 8.92. The molecule has 0 saturated heterocycles. The fraction of sp³-hybridized carbons (Fsp3) is 0.450. The first-order chi connectivity index (χ1) is 13.6. The number of phenols is 1. The third-order valence-electron chi connectivity index (χ3n) is 5.27. The minimum atomic E-state index is -1.53. The van der Waals surface area contributed by atoms with Gasteiger partial charge in [-0.25, -0.2) is 4.79 Å². The summed E-state index contributed by atoms with van der Waals surface area (Å²) in [6.07, 6.45) is -1.61. The highest BCUT2D eigenvalue weighted by molar-refractivity contribution is 8.00. The Kier molecular flexibility index (Phi) is 5.64. The number of carbonyl (C=O) groups excluding carboxylic acids is 2. The van der Waals surface area contributed by atoms with Gasteiger partial charge in [0.15, 0.2) is 11.2 Å². The van der Waals surface area contributed by atoms with Gasteiger partial charge in [0.05, 0.1) is 25.2 Å². The molecule has 1 aromatic carbocycles. The van der Waals surface area contributed by atoms with Crippen LogP contribution in [-0.2, 0) is 25.5 Å². The highest BCUT2D eigenvalue weighted by atomic mass is 32.2. The maximum absolute atomic E-state index is 13.0. The molecular weight excluding hydrogens is 400 g/mol. The van der Waals surface area contributed by atoms with Crippen molar-refractivity contribution < 1.29 is 33.7 Å². The molecule has 3 rings (SSSR count). The van der Waals surface area contributed by atoms with Crippen LogP contribution in [0, 0.1) is 12.3 Å². The normalized spacial score (nSPS) is 18.7. The van der Waals surface area contributed by atoms with Crippen LogP contribution in [0.25, 0.3) is 11.0 Å². The van der Waals surface area contributed by atoms with Crippen LogP contribution in [0.15, 0.2) is 26.4 Å². The summed E-state index contributed by atoms with van der Waals surface area (Å²) in [6, 6.07) is 3.14. The van der Waals surface area contributed by atoms with E-state index in [1.165, 1.54) is 24.9 Å². The average Bonchev–Trinajstić information content (AvgIpc) is 3.10. The molecule has 0 spiro atoms. The Morgan fingerprint density at radius 1 is 1.34 bits per heavy atom. The molecule has 1 aromatic heterocycles. The first-order valence-corrected chi connectivity index (χ1v) is 9.80. The Bertz CT molecular complexity index is 1040. The monoisotopic (exact) mass is 422 g/mol. The molecule has 2 heterocycles. The molecule has 2 aromatic rings. The number of aliphatic hydroxyl groups is 1. The number of carbonyl (C=O) groups is 2. The molecule has 0 amide bonds. The van der Waals surface area contributed by atoms with Crippen molar-refractivity contribution in [3.8, 4) is 5.75 Å². The van der Waals surface area contributed by atoms with Crippen LogP contribution < -0.4 is 5.43 Å². The van der Waals surface area contributed by atoms with Gasteiger partial charge in [0.2, 0.25) is 5.43 Å². The molecule has 0 fully saturated rings. The molecule has 0 unspecified atom stereocenters. The largest absolute Gasteiger partial charge is 0.507 e. The summed E-state index contributed by atoms with van der Waals surface area (Å²) < 4.78 is 15.3. The molecule has 29 heavy (non-hydrogen) atoms. The summed E-state index contributed by atoms with van der Waals surface area (Å²) in [5, 5.41) is 20.2. The van der Waals surface area contributed by atoms with E-state index in [1.807, 2.05) is 0 Å². The lowest BCUT2D eigenvalue weighted by atomic mass is 9.78. The summed E-state index contributed by atoms with van der Waals surface area (Å²) in [5.41, 5.74) is -0.325. The van der Waals surface area contributed by atoms with Gasteiger partial charge in [0.25, 0.3) is 0 Å². The van der Waals surface area contributed by atoms with E-state index in [0.29, 0.717) is 10.7 Å². The quantitative estimate of drug-likeness (QED) is 0.696. The number of rotatable bonds is 5. The Labute approximate surface area is 170 Å². The summed E-state index contributed by atoms with van der Waals surface area (Å²) in [6.45, 7) is 3.34. The van der Waals surface area contributed by atoms with Crippen molar-refractivity contribution in [2.75, 3.05) is 14.2 Å². The second-order valence-electron chi connectivity index (χ2n) is 7.32. The third kappa shape index (κ3) is 3.60. The van der Waals surface area contributed by atoms with Crippen molar-refractivity contribution in [1.82, 2.24) is 0 Å². The molecule has 0 radical (unpaired) electrons. The number of thioether (sulfide) groups is 1. The zero-order chi connectivity index (χ0) is 21.5. The number of benzene rings is 1. The minimum absolute atomic E-state index is 0.0879. The topological polar surface area (TPSA) is 123 Å². The number of aryl methyl sites for hydroxylation is 1. The third-order valence-corrected chi connectivity index (χ3v) is 6.78. The van der Waals surface area contributed by atoms with E-state index in [2.05, 4.69) is 4.74 Å². The lowest BCUT2D eigenvalue weighted by molar-refractivity contribution is -0.159. The summed E-state index contributed by atoms with van der Waals surface area (Å²) in [4.78, 5) is 37.2. The van der Waals surface area contributed by atoms with Gasteiger partial charge < -0.3 is 24.1 Å². The second kappa shape index (κ2) is 7.72. The molecular formula is C20H22O8S. The van der Waals surface area contributed by atoms with E-state index in [4.69, 9.17) is 9.15 Å². The molecule has 0 aliphatic carbocycles. The van der Waals surface area contributed by atoms with Crippen LogP contribution in [0.4, 0.5) is 0 Å². The Morgan fingerprint density at radius 2 is 2.03 bits per heavy atom. The number of aromatic hydroxyl groups is 1. The number of methoxy groups -OCH3 is 2. The number of aliphatic hydroxyl groups excluding tert-OH is 1. The molecule has 2 N–H and O–H groups in total. The summed E-state index contributed by atoms with van der Waals surface area (Å²) >= 11 is 1.18. The van der Waals surface area contributed by atoms with Crippen LogP contribution in [0.2, 0.25) is 0 Å². The molecule has 1 aliphatic heterocycles. The molecule has 3 atom stereocenters. The van der Waals surface area contributed by atoms with Gasteiger partial charge in [-0.3, -0.25) is 9.59 Å². The van der Waals surface area contributed by atoms with E-state index >= 15 is 0 Å². The van der Waals surface area contributed by atoms with E-state index in [9.17, 15) is 24.6 Å². The minimum Gasteiger partial charge on any atom is -0.507 e. The Hall–Kier alpha value is -2.52. The molecule has 156 valence electrons. The van der Waals surface area contributed by atoms with Crippen LogP contribution in [0.1, 0.15) is 24.5 Å². The predicted octanol–water partition coefficient (Wildman–Crippen LogP) is 1.93. The molecule has 0 bridgehead atoms. The summed E-state index contributed by atoms with van der Waals surface area (Å²) in [5.74, 6) is -1.65. The number of fused-ring (bicyclic) bond motifs is 2. The number of hydrogen-bond donors (Lipinski definition) is 2. The van der Waals surface area contributed by atoms with E-state index in [0.717, 1.165) is 12.7 Å². The second-order valence-corrected chi connectivity index (χ2v) is 8.49. The lowest BCUT2D eigenvalue weighted by Gasteiger charge is -2.32. The van der Waals surface area contributed by atoms with E-state index in [1.54, 1.807) is 19.9 Å². The van der Waals surface area contributed by atoms with Crippen molar-refractivity contribution >= 4 is 34.7 Å². The van der Waals surface area contributed by atoms with Gasteiger partial charge in [0.1, 0.15) is 16.7 Å². The van der Waals surface area contributed by atoms with Crippen LogP contribution in [0.3, 0.4) is 0 Å². The molecule has 8 nitrogen and oxygen atoms in total. The fourth-order valence-corrected chi connectivity index (χ4v) is 5.05. The van der Waals surface area contributed by atoms with Crippen molar-refractivity contribution in [2.45, 2.75) is 43.1 Å². The van der Waals surface area contributed by atoms with Crippen molar-refractivity contribution in [2.24, 2.45) is 5.41 Å². The van der Waals surface area contributed by atoms with Gasteiger partial charge in [-0.2, -0.15) is 0 Å². The lowest BCUT2D eigenvalue weighted by Crippen LogP contribution is -2.43. The average molecular weight is 422 g/mol. The van der Waals surface area contributed by atoms with E-state index in [-0.39, 0.29) is 35.0 Å². The molecule has 9 heteroatoms. The van der Waals surface area contributed by atoms with Gasteiger partial charge in [-0.15, -0.1) is 0 Å². The van der Waals surface area contributed by atoms with Gasteiger partial charge in [-0.1, -0.05) is 11.8 Å². The first kappa shape index (κ1) is 21.2. The van der Waals surface area contributed by atoms with Crippen LogP contribution in [-0.4, -0.2) is 47.7 Å². The zero-order valence-electron chi connectivity index (χ0n) is 16.5. The molecule has 1 aliphatic rings. The highest BCUT2D eigenvalue weighted by Gasteiger charge is 2.49. The standard InChI is InChI=1S/C20H22O8S/c1-9-5-11(21)15-13(6-9)28-18-10(16(15)23)7-14(29-18)20(2,19(25)27-4)8-12(22)17(24)26-3/h5-6,12,14,21-22H,7-8H2,1-4H3/t12-,14+,20+/m1/s1. The summed E-state index contributed by atoms with van der Waals surface area (Å²) in [7, 11) is 2.36. The molecule has 0 saturated carbocycles. The van der Waals surface area contributed by atoms with Crippen molar-refractivity contribution in [3.05, 3.63) is 33.5 Å². The van der Waals surface area contributed by atoms with Crippen molar-refractivity contribution in [1.29, 1.82) is 0 Å². The fourth-order valence-electron chi connectivity index (χ4n) is 3.63. The van der Waals surface area contributed by atoms with Gasteiger partial charge >= 0.3 is 11.9 Å². The zero-order valence-corrected chi connectivity index (χ0v) is 17.3. The SMILES string of the molecule is COC(=O)[C@H](O)C[C@](C)(C(=O)OC)[C@@H]1Cc2c(oc3cc(C)cc(O)c3c2=O)S1. The van der Waals surface area contributed by atoms with Gasteiger partial charge in [-0.05, 0) is 38.0 Å². The predicted molar refractivity (Wildman–Crippen MR) is 105 cm³/mol. The number of esters is 2. The maximum Gasteiger partial charge on any atom is 0.334 e. The number of hydrogen-bond acceptors (Lipinski definition) is 9. The smallest absolute Gasteiger partial charge is 0.334 e. The van der Waals surface area contributed by atoms with Crippen LogP contribution >= 0.6 is 11.8 Å². The highest BCUT2D eigenvalue weighted by Crippen LogP contribution is 2.48. The maximum atomic E-state index is 13.0. The van der Waals surface area contributed by atoms with Crippen molar-refractivity contribution in [3.63, 3.8) is 0 Å². The van der Waals surface area contributed by atoms with Gasteiger partial charge in [0, 0.05) is 11.7 Å². The Balaban J connectivity index is 2.04. The number of ether oxygens (including phenoxy) is 2. The Morgan fingerprint density at radius 3 is 2.66 bits per heavy atom.